The molecule has 3 aliphatic rings. The van der Waals surface area contributed by atoms with Crippen LogP contribution in [0.3, 0.4) is 0 Å². The van der Waals surface area contributed by atoms with Crippen molar-refractivity contribution in [3.63, 3.8) is 0 Å². The number of carbonyl (C=O) groups excluding carboxylic acids is 1. The topological polar surface area (TPSA) is 17.1 Å². The third-order valence-electron chi connectivity index (χ3n) is 5.29. The molecule has 2 aromatic rings. The smallest absolute Gasteiger partial charge is 0.128 e. The number of carbonyl (C=O) groups is 1. The second-order valence-electron chi connectivity index (χ2n) is 5.76. The van der Waals surface area contributed by atoms with Gasteiger partial charge in [0.15, 0.2) is 0 Å². The van der Waals surface area contributed by atoms with E-state index in [1.807, 2.05) is 0 Å². The summed E-state index contributed by atoms with van der Waals surface area (Å²) in [4.78, 5) is 11.8. The molecule has 86 valence electrons. The van der Waals surface area contributed by atoms with E-state index in [0.29, 0.717) is 17.8 Å². The summed E-state index contributed by atoms with van der Waals surface area (Å²) in [6, 6.07) is 17.2. The summed E-state index contributed by atoms with van der Waals surface area (Å²) in [7, 11) is 0. The molecule has 0 bridgehead atoms. The molecule has 1 heteroatoms. The van der Waals surface area contributed by atoms with Crippen molar-refractivity contribution < 1.29 is 4.79 Å². The predicted octanol–water partition coefficient (Wildman–Crippen LogP) is 3.21. The summed E-state index contributed by atoms with van der Waals surface area (Å²) >= 11 is 0. The van der Waals surface area contributed by atoms with Gasteiger partial charge in [-0.3, -0.25) is 0 Å². The first-order valence-electron chi connectivity index (χ1n) is 6.53. The minimum Gasteiger partial charge on any atom is -0.303 e. The van der Waals surface area contributed by atoms with Crippen LogP contribution < -0.4 is 0 Å². The summed E-state index contributed by atoms with van der Waals surface area (Å²) in [5, 5.41) is 0. The predicted molar refractivity (Wildman–Crippen MR) is 68.7 cm³/mol. The van der Waals surface area contributed by atoms with Crippen LogP contribution in [0.5, 0.6) is 0 Å². The lowest BCUT2D eigenvalue weighted by Gasteiger charge is -2.15. The summed E-state index contributed by atoms with van der Waals surface area (Å²) < 4.78 is 0. The minimum atomic E-state index is -0.132. The summed E-state index contributed by atoms with van der Waals surface area (Å²) in [6.45, 7) is 0. The lowest BCUT2D eigenvalue weighted by Crippen LogP contribution is -2.11. The van der Waals surface area contributed by atoms with Crippen LogP contribution in [-0.4, -0.2) is 6.29 Å². The standard InChI is InChI=1S/C17H12O/c18-9-17-14-10-5-1-3-7-12(10)15(17)16(17)13-8-4-2-6-11(13)14/h1-9,14-16H/t14?,15-,16-,17?/m1/s1. The lowest BCUT2D eigenvalue weighted by atomic mass is 9.86. The number of hydrogen-bond acceptors (Lipinski definition) is 1. The average Bonchev–Trinajstić information content (AvgIpc) is 2.93. The maximum Gasteiger partial charge on any atom is 0.128 e. The van der Waals surface area contributed by atoms with Gasteiger partial charge < -0.3 is 4.79 Å². The molecule has 0 spiro atoms. The SMILES string of the molecule is O=CC12C3c4ccccc4[C@@H]1[C@H]2c1ccccc13. The van der Waals surface area contributed by atoms with Crippen LogP contribution in [0.15, 0.2) is 48.5 Å². The summed E-state index contributed by atoms with van der Waals surface area (Å²) in [5.74, 6) is 1.22. The van der Waals surface area contributed by atoms with Crippen LogP contribution in [0, 0.1) is 5.41 Å². The molecule has 0 aliphatic heterocycles. The Kier molecular flexibility index (Phi) is 1.31. The van der Waals surface area contributed by atoms with Gasteiger partial charge in [0, 0.05) is 17.8 Å². The molecule has 0 amide bonds. The Balaban J connectivity index is 1.89. The number of benzene rings is 2. The number of hydrogen-bond donors (Lipinski definition) is 0. The monoisotopic (exact) mass is 232 g/mol. The Morgan fingerprint density at radius 3 is 1.67 bits per heavy atom. The van der Waals surface area contributed by atoms with Crippen molar-refractivity contribution in [1.29, 1.82) is 0 Å². The highest BCUT2D eigenvalue weighted by Gasteiger charge is 2.78. The third-order valence-corrected chi connectivity index (χ3v) is 5.29. The lowest BCUT2D eigenvalue weighted by molar-refractivity contribution is -0.112. The molecular formula is C17H12O. The molecule has 0 radical (unpaired) electrons. The molecule has 2 aromatic carbocycles. The van der Waals surface area contributed by atoms with Gasteiger partial charge in [-0.2, -0.15) is 0 Å². The van der Waals surface area contributed by atoms with Gasteiger partial charge in [0.2, 0.25) is 0 Å². The minimum absolute atomic E-state index is 0.132. The molecule has 3 aliphatic carbocycles. The Bertz CT molecular complexity index is 647. The van der Waals surface area contributed by atoms with Crippen LogP contribution in [0.2, 0.25) is 0 Å². The molecule has 1 saturated carbocycles. The van der Waals surface area contributed by atoms with Crippen molar-refractivity contribution in [2.45, 2.75) is 17.8 Å². The van der Waals surface area contributed by atoms with Crippen LogP contribution in [0.1, 0.15) is 40.0 Å². The molecule has 0 saturated heterocycles. The highest BCUT2D eigenvalue weighted by atomic mass is 16.1. The van der Waals surface area contributed by atoms with Crippen LogP contribution in [0.4, 0.5) is 0 Å². The fourth-order valence-electron chi connectivity index (χ4n) is 4.72. The number of fused-ring (bicyclic) bond motifs is 7. The van der Waals surface area contributed by atoms with Gasteiger partial charge in [-0.1, -0.05) is 48.5 Å². The molecule has 18 heavy (non-hydrogen) atoms. The number of aldehydes is 1. The maximum absolute atomic E-state index is 11.8. The van der Waals surface area contributed by atoms with E-state index in [2.05, 4.69) is 48.5 Å². The van der Waals surface area contributed by atoms with Crippen molar-refractivity contribution in [2.75, 3.05) is 0 Å². The van der Waals surface area contributed by atoms with E-state index in [4.69, 9.17) is 0 Å². The van der Waals surface area contributed by atoms with E-state index in [0.717, 1.165) is 0 Å². The zero-order chi connectivity index (χ0) is 11.9. The Morgan fingerprint density at radius 1 is 0.778 bits per heavy atom. The fourth-order valence-corrected chi connectivity index (χ4v) is 4.72. The van der Waals surface area contributed by atoms with Gasteiger partial charge in [-0.15, -0.1) is 0 Å². The molecule has 0 heterocycles. The van der Waals surface area contributed by atoms with Gasteiger partial charge in [0.1, 0.15) is 6.29 Å². The Labute approximate surface area is 105 Å². The fraction of sp³-hybridized carbons (Fsp3) is 0.235. The molecule has 0 unspecified atom stereocenters. The molecular weight excluding hydrogens is 220 g/mol. The summed E-state index contributed by atoms with van der Waals surface area (Å²) in [6.07, 6.45) is 1.24. The first kappa shape index (κ1) is 9.09. The van der Waals surface area contributed by atoms with Crippen LogP contribution >= 0.6 is 0 Å². The van der Waals surface area contributed by atoms with Crippen molar-refractivity contribution in [1.82, 2.24) is 0 Å². The molecule has 2 atom stereocenters. The van der Waals surface area contributed by atoms with E-state index in [1.165, 1.54) is 28.5 Å². The van der Waals surface area contributed by atoms with E-state index in [-0.39, 0.29) is 5.41 Å². The van der Waals surface area contributed by atoms with E-state index < -0.39 is 0 Å². The largest absolute Gasteiger partial charge is 0.303 e. The van der Waals surface area contributed by atoms with Crippen molar-refractivity contribution in [2.24, 2.45) is 5.41 Å². The highest BCUT2D eigenvalue weighted by Crippen LogP contribution is 2.85. The van der Waals surface area contributed by atoms with E-state index in [9.17, 15) is 4.79 Å². The Morgan fingerprint density at radius 2 is 1.22 bits per heavy atom. The van der Waals surface area contributed by atoms with E-state index >= 15 is 0 Å². The molecule has 0 N–H and O–H groups in total. The molecule has 1 fully saturated rings. The van der Waals surface area contributed by atoms with Crippen molar-refractivity contribution in [3.05, 3.63) is 70.8 Å². The first-order chi connectivity index (χ1) is 8.89. The van der Waals surface area contributed by atoms with Gasteiger partial charge in [-0.05, 0) is 22.3 Å². The first-order valence-corrected chi connectivity index (χ1v) is 6.53. The summed E-state index contributed by atoms with van der Waals surface area (Å²) in [5.41, 5.74) is 5.46. The number of rotatable bonds is 1. The van der Waals surface area contributed by atoms with E-state index in [1.54, 1.807) is 0 Å². The Hall–Kier alpha value is -1.89. The molecule has 5 rings (SSSR count). The third kappa shape index (κ3) is 0.694. The van der Waals surface area contributed by atoms with Gasteiger partial charge >= 0.3 is 0 Å². The second-order valence-corrected chi connectivity index (χ2v) is 5.76. The quantitative estimate of drug-likeness (QED) is 0.690. The van der Waals surface area contributed by atoms with Crippen LogP contribution in [0.25, 0.3) is 0 Å². The van der Waals surface area contributed by atoms with Gasteiger partial charge in [0.05, 0.1) is 5.41 Å². The molecule has 1 nitrogen and oxygen atoms in total. The highest BCUT2D eigenvalue weighted by molar-refractivity contribution is 5.84. The normalized spacial score (nSPS) is 36.8. The zero-order valence-corrected chi connectivity index (χ0v) is 9.84. The van der Waals surface area contributed by atoms with Gasteiger partial charge in [0.25, 0.3) is 0 Å². The average molecular weight is 232 g/mol. The second kappa shape index (κ2) is 2.59. The molecule has 0 aromatic heterocycles. The zero-order valence-electron chi connectivity index (χ0n) is 9.84. The maximum atomic E-state index is 11.8. The van der Waals surface area contributed by atoms with Gasteiger partial charge in [-0.25, -0.2) is 0 Å². The van der Waals surface area contributed by atoms with Crippen LogP contribution in [-0.2, 0) is 4.79 Å². The van der Waals surface area contributed by atoms with Crippen molar-refractivity contribution >= 4 is 6.29 Å². The van der Waals surface area contributed by atoms with Crippen molar-refractivity contribution in [3.8, 4) is 0 Å².